The Morgan fingerprint density at radius 2 is 2.33 bits per heavy atom. The Hall–Kier alpha value is -0.900. The number of anilines is 1. The Bertz CT molecular complexity index is 327. The minimum Gasteiger partial charge on any atom is -0.507 e. The summed E-state index contributed by atoms with van der Waals surface area (Å²) < 4.78 is 5.99. The summed E-state index contributed by atoms with van der Waals surface area (Å²) in [7, 11) is 1.92. The Morgan fingerprint density at radius 3 is 3.08 bits per heavy atom. The first kappa shape index (κ1) is 7.73. The lowest BCUT2D eigenvalue weighted by Crippen LogP contribution is -2.14. The molecule has 1 aliphatic rings. The quantitative estimate of drug-likeness (QED) is 0.739. The van der Waals surface area contributed by atoms with Crippen LogP contribution in [0.4, 0.5) is 5.69 Å². The number of nitrogens with zero attached hydrogens (tertiary/aromatic N) is 1. The summed E-state index contributed by atoms with van der Waals surface area (Å²) in [5.41, 5.74) is 0.927. The summed E-state index contributed by atoms with van der Waals surface area (Å²) in [6.07, 6.45) is 0. The van der Waals surface area contributed by atoms with Crippen molar-refractivity contribution in [1.29, 1.82) is 0 Å². The molecule has 12 heavy (non-hydrogen) atoms. The number of fused-ring (bicyclic) bond motifs is 1. The predicted octanol–water partition coefficient (Wildman–Crippen LogP) is 1.94. The van der Waals surface area contributed by atoms with E-state index < -0.39 is 0 Å². The molecule has 0 radical (unpaired) electrons. The van der Waals surface area contributed by atoms with E-state index in [2.05, 4.69) is 15.9 Å². The number of halogens is 1. The minimum absolute atomic E-state index is 0.242. The van der Waals surface area contributed by atoms with Crippen molar-refractivity contribution in [2.75, 3.05) is 18.7 Å². The van der Waals surface area contributed by atoms with Gasteiger partial charge in [0.25, 0.3) is 0 Å². The van der Waals surface area contributed by atoms with E-state index in [4.69, 9.17) is 4.74 Å². The van der Waals surface area contributed by atoms with Crippen molar-refractivity contribution < 1.29 is 9.84 Å². The van der Waals surface area contributed by atoms with Gasteiger partial charge in [0.1, 0.15) is 11.5 Å². The summed E-state index contributed by atoms with van der Waals surface area (Å²) in [5, 5.41) is 9.37. The van der Waals surface area contributed by atoms with E-state index in [0.29, 0.717) is 11.2 Å². The molecular weight excluding hydrogens is 222 g/mol. The van der Waals surface area contributed by atoms with E-state index in [9.17, 15) is 5.11 Å². The first-order valence-corrected chi connectivity index (χ1v) is 4.34. The van der Waals surface area contributed by atoms with E-state index in [1.165, 1.54) is 0 Å². The lowest BCUT2D eigenvalue weighted by molar-refractivity contribution is 0.352. The van der Waals surface area contributed by atoms with Gasteiger partial charge in [0.2, 0.25) is 0 Å². The maximum absolute atomic E-state index is 9.37. The zero-order chi connectivity index (χ0) is 8.72. The lowest BCUT2D eigenvalue weighted by atomic mass is 10.3. The lowest BCUT2D eigenvalue weighted by Gasteiger charge is -2.07. The Morgan fingerprint density at radius 1 is 1.58 bits per heavy atom. The Labute approximate surface area is 78.7 Å². The zero-order valence-corrected chi connectivity index (χ0v) is 8.13. The second kappa shape index (κ2) is 2.55. The molecule has 1 heterocycles. The fourth-order valence-corrected chi connectivity index (χ4v) is 1.50. The van der Waals surface area contributed by atoms with Crippen LogP contribution in [0.25, 0.3) is 0 Å². The average molecular weight is 230 g/mol. The van der Waals surface area contributed by atoms with Crippen LogP contribution in [0.2, 0.25) is 0 Å². The molecule has 2 rings (SSSR count). The van der Waals surface area contributed by atoms with E-state index in [-0.39, 0.29) is 5.75 Å². The molecule has 0 spiro atoms. The molecule has 1 N–H and O–H groups in total. The van der Waals surface area contributed by atoms with Gasteiger partial charge >= 0.3 is 0 Å². The van der Waals surface area contributed by atoms with E-state index in [1.807, 2.05) is 11.9 Å². The number of phenols is 1. The first-order valence-electron chi connectivity index (χ1n) is 3.55. The molecular formula is C8H8BrNO2. The smallest absolute Gasteiger partial charge is 0.161 e. The number of aromatic hydroxyl groups is 1. The van der Waals surface area contributed by atoms with Crippen molar-refractivity contribution in [1.82, 2.24) is 0 Å². The first-order chi connectivity index (χ1) is 5.68. The molecule has 1 aliphatic heterocycles. The van der Waals surface area contributed by atoms with Crippen LogP contribution < -0.4 is 9.64 Å². The molecule has 0 saturated carbocycles. The fourth-order valence-electron chi connectivity index (χ4n) is 1.18. The molecule has 64 valence electrons. The van der Waals surface area contributed by atoms with Gasteiger partial charge in [-0.2, -0.15) is 0 Å². The van der Waals surface area contributed by atoms with E-state index >= 15 is 0 Å². The van der Waals surface area contributed by atoms with Gasteiger partial charge in [0, 0.05) is 19.2 Å². The van der Waals surface area contributed by atoms with Crippen molar-refractivity contribution in [3.8, 4) is 11.5 Å². The van der Waals surface area contributed by atoms with Crippen LogP contribution in [-0.4, -0.2) is 18.9 Å². The molecule has 0 atom stereocenters. The Balaban J connectivity index is 2.56. The highest BCUT2D eigenvalue weighted by Crippen LogP contribution is 2.40. The molecule has 0 fully saturated rings. The molecule has 0 amide bonds. The molecule has 0 bridgehead atoms. The molecule has 0 saturated heterocycles. The SMILES string of the molecule is CN1COc2cc(Br)c(O)cc21. The molecule has 3 nitrogen and oxygen atoms in total. The summed E-state index contributed by atoms with van der Waals surface area (Å²) in [6, 6.07) is 3.46. The maximum Gasteiger partial charge on any atom is 0.161 e. The number of hydrogen-bond donors (Lipinski definition) is 1. The van der Waals surface area contributed by atoms with E-state index in [1.54, 1.807) is 12.1 Å². The third-order valence-electron chi connectivity index (χ3n) is 1.85. The summed E-state index contributed by atoms with van der Waals surface area (Å²) in [5.74, 6) is 1.05. The van der Waals surface area contributed by atoms with Crippen molar-refractivity contribution in [3.63, 3.8) is 0 Å². The third kappa shape index (κ3) is 1.03. The molecule has 1 aromatic rings. The van der Waals surface area contributed by atoms with Crippen LogP contribution in [0.1, 0.15) is 0 Å². The van der Waals surface area contributed by atoms with Crippen LogP contribution in [0.3, 0.4) is 0 Å². The van der Waals surface area contributed by atoms with Crippen molar-refractivity contribution in [2.45, 2.75) is 0 Å². The number of phenolic OH excluding ortho intramolecular Hbond substituents is 1. The van der Waals surface area contributed by atoms with Crippen molar-refractivity contribution in [3.05, 3.63) is 16.6 Å². The summed E-state index contributed by atoms with van der Waals surface area (Å²) in [4.78, 5) is 1.93. The number of rotatable bonds is 0. The Kier molecular flexibility index (Phi) is 1.65. The standard InChI is InChI=1S/C8H8BrNO2/c1-10-4-12-8-2-5(9)7(11)3-6(8)10/h2-3,11H,4H2,1H3. The van der Waals surface area contributed by atoms with Crippen LogP contribution in [0.5, 0.6) is 11.5 Å². The summed E-state index contributed by atoms with van der Waals surface area (Å²) in [6.45, 7) is 0.547. The van der Waals surface area contributed by atoms with Gasteiger partial charge in [0.15, 0.2) is 6.73 Å². The normalized spacial score (nSPS) is 14.3. The van der Waals surface area contributed by atoms with Gasteiger partial charge < -0.3 is 14.7 Å². The largest absolute Gasteiger partial charge is 0.507 e. The second-order valence-electron chi connectivity index (χ2n) is 2.74. The van der Waals surface area contributed by atoms with Crippen molar-refractivity contribution >= 4 is 21.6 Å². The molecule has 0 unspecified atom stereocenters. The number of benzene rings is 1. The van der Waals surface area contributed by atoms with Crippen LogP contribution in [0.15, 0.2) is 16.6 Å². The van der Waals surface area contributed by atoms with Gasteiger partial charge in [-0.05, 0) is 15.9 Å². The van der Waals surface area contributed by atoms with E-state index in [0.717, 1.165) is 11.4 Å². The third-order valence-corrected chi connectivity index (χ3v) is 2.49. The minimum atomic E-state index is 0.242. The van der Waals surface area contributed by atoms with Gasteiger partial charge in [-0.1, -0.05) is 0 Å². The van der Waals surface area contributed by atoms with Crippen molar-refractivity contribution in [2.24, 2.45) is 0 Å². The molecule has 0 aromatic heterocycles. The average Bonchev–Trinajstić information content (AvgIpc) is 2.35. The van der Waals surface area contributed by atoms with Crippen LogP contribution >= 0.6 is 15.9 Å². The number of hydrogen-bond acceptors (Lipinski definition) is 3. The maximum atomic E-state index is 9.37. The molecule has 1 aromatic carbocycles. The molecule has 0 aliphatic carbocycles. The molecule has 4 heteroatoms. The highest BCUT2D eigenvalue weighted by Gasteiger charge is 2.18. The monoisotopic (exact) mass is 229 g/mol. The van der Waals surface area contributed by atoms with Gasteiger partial charge in [-0.15, -0.1) is 0 Å². The zero-order valence-electron chi connectivity index (χ0n) is 6.54. The number of ether oxygens (including phenoxy) is 1. The summed E-state index contributed by atoms with van der Waals surface area (Å²) >= 11 is 3.22. The van der Waals surface area contributed by atoms with Crippen LogP contribution in [-0.2, 0) is 0 Å². The van der Waals surface area contributed by atoms with Gasteiger partial charge in [0.05, 0.1) is 10.2 Å². The van der Waals surface area contributed by atoms with Crippen LogP contribution in [0, 0.1) is 0 Å². The topological polar surface area (TPSA) is 32.7 Å². The van der Waals surface area contributed by atoms with Gasteiger partial charge in [-0.25, -0.2) is 0 Å². The van der Waals surface area contributed by atoms with Gasteiger partial charge in [-0.3, -0.25) is 0 Å². The second-order valence-corrected chi connectivity index (χ2v) is 3.60. The highest BCUT2D eigenvalue weighted by molar-refractivity contribution is 9.10. The predicted molar refractivity (Wildman–Crippen MR) is 49.7 cm³/mol. The fraction of sp³-hybridized carbons (Fsp3) is 0.250. The highest BCUT2D eigenvalue weighted by atomic mass is 79.9.